The third kappa shape index (κ3) is 4.95. The van der Waals surface area contributed by atoms with Crippen LogP contribution in [0.2, 0.25) is 0 Å². The minimum Gasteiger partial charge on any atom is -0.489 e. The van der Waals surface area contributed by atoms with Crippen LogP contribution in [0, 0.1) is 11.7 Å². The molecule has 1 saturated carbocycles. The van der Waals surface area contributed by atoms with Gasteiger partial charge in [0.1, 0.15) is 34.9 Å². The number of nitrogens with zero attached hydrogens (tertiary/aromatic N) is 2. The Bertz CT molecular complexity index is 1430. The molecule has 8 nitrogen and oxygen atoms in total. The van der Waals surface area contributed by atoms with Crippen molar-refractivity contribution in [1.82, 2.24) is 10.3 Å². The molecule has 2 aliphatic rings. The van der Waals surface area contributed by atoms with Gasteiger partial charge in [0.25, 0.3) is 5.91 Å². The highest BCUT2D eigenvalue weighted by Crippen LogP contribution is 2.58. The SMILES string of the molecule is CNC(=O)c1cc(Oc2ccc3c(c2)[C@H]2C(/C=N/C(=O)Nc4ccc(F)c(C(F)(F)F)c4)[C@H]2O3)ccn1. The number of nitrogens with one attached hydrogen (secondary N) is 2. The Kier molecular flexibility index (Phi) is 6.02. The number of rotatable bonds is 5. The van der Waals surface area contributed by atoms with Gasteiger partial charge in [-0.3, -0.25) is 9.78 Å². The molecular formula is C25H18F4N4O4. The topological polar surface area (TPSA) is 102 Å². The molecule has 0 spiro atoms. The zero-order valence-electron chi connectivity index (χ0n) is 19.0. The van der Waals surface area contributed by atoms with Gasteiger partial charge >= 0.3 is 12.2 Å². The maximum absolute atomic E-state index is 13.4. The molecule has 2 aromatic carbocycles. The van der Waals surface area contributed by atoms with Crippen molar-refractivity contribution >= 4 is 23.8 Å². The molecule has 0 bridgehead atoms. The van der Waals surface area contributed by atoms with E-state index >= 15 is 0 Å². The minimum absolute atomic E-state index is 0.0726. The summed E-state index contributed by atoms with van der Waals surface area (Å²) in [5.41, 5.74) is -0.651. The van der Waals surface area contributed by atoms with E-state index in [0.29, 0.717) is 29.4 Å². The maximum atomic E-state index is 13.4. The van der Waals surface area contributed by atoms with Gasteiger partial charge in [-0.1, -0.05) is 0 Å². The number of urea groups is 1. The molecule has 3 amide bonds. The molecule has 2 N–H and O–H groups in total. The third-order valence-corrected chi connectivity index (χ3v) is 5.92. The maximum Gasteiger partial charge on any atom is 0.419 e. The van der Waals surface area contributed by atoms with E-state index in [4.69, 9.17) is 9.47 Å². The highest BCUT2D eigenvalue weighted by atomic mass is 19.4. The van der Waals surface area contributed by atoms with E-state index in [0.717, 1.165) is 11.6 Å². The van der Waals surface area contributed by atoms with Crippen molar-refractivity contribution in [1.29, 1.82) is 0 Å². The van der Waals surface area contributed by atoms with Gasteiger partial charge in [-0.25, -0.2) is 14.2 Å². The quantitative estimate of drug-likeness (QED) is 0.362. The van der Waals surface area contributed by atoms with Crippen LogP contribution in [0.1, 0.15) is 27.5 Å². The van der Waals surface area contributed by atoms with Crippen molar-refractivity contribution in [3.05, 3.63) is 77.4 Å². The van der Waals surface area contributed by atoms with Gasteiger partial charge in [0.05, 0.1) is 5.56 Å². The summed E-state index contributed by atoms with van der Waals surface area (Å²) < 4.78 is 63.8. The number of pyridine rings is 1. The Morgan fingerprint density at radius 3 is 2.65 bits per heavy atom. The van der Waals surface area contributed by atoms with Crippen LogP contribution in [-0.4, -0.2) is 36.3 Å². The van der Waals surface area contributed by atoms with Crippen LogP contribution in [0.15, 0.2) is 59.7 Å². The minimum atomic E-state index is -4.89. The highest BCUT2D eigenvalue weighted by molar-refractivity contribution is 5.96. The molecule has 0 radical (unpaired) electrons. The molecule has 5 rings (SSSR count). The van der Waals surface area contributed by atoms with Crippen LogP contribution in [-0.2, 0) is 6.18 Å². The summed E-state index contributed by atoms with van der Waals surface area (Å²) in [6, 6.07) is 9.66. The van der Waals surface area contributed by atoms with Crippen LogP contribution < -0.4 is 20.1 Å². The first-order chi connectivity index (χ1) is 17.6. The summed E-state index contributed by atoms with van der Waals surface area (Å²) >= 11 is 0. The zero-order valence-corrected chi connectivity index (χ0v) is 19.0. The van der Waals surface area contributed by atoms with Crippen molar-refractivity contribution in [3.8, 4) is 17.2 Å². The Labute approximate surface area is 207 Å². The van der Waals surface area contributed by atoms with E-state index in [1.54, 1.807) is 24.3 Å². The van der Waals surface area contributed by atoms with Gasteiger partial charge in [0, 0.05) is 48.6 Å². The fraction of sp³-hybridized carbons (Fsp3) is 0.200. The monoisotopic (exact) mass is 514 g/mol. The number of hydrogen-bond acceptors (Lipinski definition) is 5. The van der Waals surface area contributed by atoms with Crippen molar-refractivity contribution in [2.75, 3.05) is 12.4 Å². The van der Waals surface area contributed by atoms with E-state index in [-0.39, 0.29) is 35.2 Å². The summed E-state index contributed by atoms with van der Waals surface area (Å²) in [5.74, 6) is -0.471. The highest BCUT2D eigenvalue weighted by Gasteiger charge is 2.58. The lowest BCUT2D eigenvalue weighted by atomic mass is 10.1. The number of ether oxygens (including phenoxy) is 2. The zero-order chi connectivity index (χ0) is 26.3. The van der Waals surface area contributed by atoms with Gasteiger partial charge in [-0.15, -0.1) is 0 Å². The molecule has 3 aromatic rings. The van der Waals surface area contributed by atoms with Gasteiger partial charge in [0.2, 0.25) is 0 Å². The number of carbonyl (C=O) groups excluding carboxylic acids is 2. The average molecular weight is 514 g/mol. The van der Waals surface area contributed by atoms with Gasteiger partial charge < -0.3 is 20.1 Å². The fourth-order valence-corrected chi connectivity index (χ4v) is 4.12. The standard InChI is InChI=1S/C25H18F4N4O4/c1-30-23(34)19-10-14(6-7-31-19)36-13-3-5-20-15(9-13)21-16(22(21)37-20)11-32-24(35)33-12-2-4-18(26)17(8-12)25(27,28)29/h2-11,16,21-22H,1H3,(H,30,34)(H,33,35)/b32-11+/t16?,21-,22+/m0/s1. The third-order valence-electron chi connectivity index (χ3n) is 5.92. The first kappa shape index (κ1) is 24.2. The second-order valence-corrected chi connectivity index (χ2v) is 8.34. The molecule has 2 heterocycles. The van der Waals surface area contributed by atoms with E-state index in [9.17, 15) is 27.2 Å². The molecule has 1 aliphatic heterocycles. The van der Waals surface area contributed by atoms with E-state index in [2.05, 4.69) is 20.6 Å². The Morgan fingerprint density at radius 1 is 1.11 bits per heavy atom. The molecule has 3 atom stereocenters. The summed E-state index contributed by atoms with van der Waals surface area (Å²) in [7, 11) is 1.50. The molecule has 0 saturated heterocycles. The van der Waals surface area contributed by atoms with Crippen molar-refractivity contribution in [2.24, 2.45) is 10.9 Å². The van der Waals surface area contributed by atoms with Crippen LogP contribution in [0.3, 0.4) is 0 Å². The molecule has 37 heavy (non-hydrogen) atoms. The van der Waals surface area contributed by atoms with E-state index in [1.165, 1.54) is 25.5 Å². The summed E-state index contributed by atoms with van der Waals surface area (Å²) in [4.78, 5) is 31.7. The number of aliphatic imine (C=N–C) groups is 1. The van der Waals surface area contributed by atoms with Crippen LogP contribution >= 0.6 is 0 Å². The largest absolute Gasteiger partial charge is 0.489 e. The number of carbonyl (C=O) groups is 2. The lowest BCUT2D eigenvalue weighted by Crippen LogP contribution is -2.18. The number of benzene rings is 2. The second kappa shape index (κ2) is 9.19. The lowest BCUT2D eigenvalue weighted by Gasteiger charge is -2.10. The predicted molar refractivity (Wildman–Crippen MR) is 124 cm³/mol. The smallest absolute Gasteiger partial charge is 0.419 e. The molecule has 1 fully saturated rings. The molecule has 12 heteroatoms. The second-order valence-electron chi connectivity index (χ2n) is 8.34. The Balaban J connectivity index is 1.24. The number of aromatic nitrogens is 1. The Morgan fingerprint density at radius 2 is 1.89 bits per heavy atom. The van der Waals surface area contributed by atoms with Gasteiger partial charge in [-0.05, 0) is 42.5 Å². The van der Waals surface area contributed by atoms with Crippen molar-refractivity contribution in [3.63, 3.8) is 0 Å². The van der Waals surface area contributed by atoms with Crippen LogP contribution in [0.4, 0.5) is 28.0 Å². The summed E-state index contributed by atoms with van der Waals surface area (Å²) in [5, 5.41) is 4.70. The Hall–Kier alpha value is -4.48. The number of fused-ring (bicyclic) bond motifs is 3. The molecule has 190 valence electrons. The normalized spacial score (nSPS) is 19.5. The number of hydrogen-bond donors (Lipinski definition) is 2. The first-order valence-corrected chi connectivity index (χ1v) is 11.0. The number of halogens is 4. The molecular weight excluding hydrogens is 496 g/mol. The van der Waals surface area contributed by atoms with Gasteiger partial charge in [0.15, 0.2) is 0 Å². The molecule has 1 unspecified atom stereocenters. The summed E-state index contributed by atoms with van der Waals surface area (Å²) in [6.07, 6.45) is -2.28. The number of anilines is 1. The molecule has 1 aliphatic carbocycles. The van der Waals surface area contributed by atoms with E-state index in [1.807, 2.05) is 0 Å². The predicted octanol–water partition coefficient (Wildman–Crippen LogP) is 5.17. The number of amides is 3. The average Bonchev–Trinajstić information content (AvgIpc) is 3.42. The van der Waals surface area contributed by atoms with Crippen molar-refractivity contribution in [2.45, 2.75) is 18.2 Å². The lowest BCUT2D eigenvalue weighted by molar-refractivity contribution is -0.139. The van der Waals surface area contributed by atoms with Gasteiger partial charge in [-0.2, -0.15) is 13.2 Å². The molecule has 1 aromatic heterocycles. The fourth-order valence-electron chi connectivity index (χ4n) is 4.12. The summed E-state index contributed by atoms with van der Waals surface area (Å²) in [6.45, 7) is 0. The first-order valence-electron chi connectivity index (χ1n) is 11.0. The van der Waals surface area contributed by atoms with E-state index < -0.39 is 23.6 Å². The van der Waals surface area contributed by atoms with Crippen LogP contribution in [0.25, 0.3) is 0 Å². The van der Waals surface area contributed by atoms with Crippen LogP contribution in [0.5, 0.6) is 17.2 Å². The van der Waals surface area contributed by atoms with Crippen molar-refractivity contribution < 1.29 is 36.6 Å². The number of alkyl halides is 3.